The van der Waals surface area contributed by atoms with E-state index in [1.807, 2.05) is 12.1 Å². The van der Waals surface area contributed by atoms with Crippen LogP contribution >= 0.6 is 0 Å². The molecule has 31 heavy (non-hydrogen) atoms. The number of hydrogen-bond donors (Lipinski definition) is 4. The summed E-state index contributed by atoms with van der Waals surface area (Å²) < 4.78 is 13.1. The van der Waals surface area contributed by atoms with E-state index in [1.165, 1.54) is 34.5 Å². The van der Waals surface area contributed by atoms with Gasteiger partial charge in [-0.1, -0.05) is 31.2 Å². The smallest absolute Gasteiger partial charge is 0.303 e. The molecule has 0 amide bonds. The molecule has 0 saturated carbocycles. The highest BCUT2D eigenvalue weighted by Crippen LogP contribution is 2.31. The Morgan fingerprint density at radius 3 is 2.23 bits per heavy atom. The number of carbonyl (C=O) groups is 2. The molecule has 0 saturated heterocycles. The summed E-state index contributed by atoms with van der Waals surface area (Å²) in [6.45, 7) is 6.41. The Labute approximate surface area is 182 Å². The maximum absolute atomic E-state index is 13.1. The quantitative estimate of drug-likeness (QED) is 0.526. The summed E-state index contributed by atoms with van der Waals surface area (Å²) in [5.41, 5.74) is 6.65. The first-order valence-electron chi connectivity index (χ1n) is 10.6. The Morgan fingerprint density at radius 2 is 1.65 bits per heavy atom. The van der Waals surface area contributed by atoms with Crippen LogP contribution < -0.4 is 10.6 Å². The molecule has 1 atom stereocenters. The number of fused-ring (bicyclic) bond motifs is 1. The molecule has 1 heterocycles. The topological polar surface area (TPSA) is 98.7 Å². The molecule has 0 aromatic heterocycles. The highest BCUT2D eigenvalue weighted by Gasteiger charge is 2.17. The first-order chi connectivity index (χ1) is 14.8. The second kappa shape index (κ2) is 12.1. The van der Waals surface area contributed by atoms with Crippen LogP contribution in [0.1, 0.15) is 55.0 Å². The molecule has 1 aliphatic rings. The van der Waals surface area contributed by atoms with Gasteiger partial charge in [-0.15, -0.1) is 0 Å². The van der Waals surface area contributed by atoms with Gasteiger partial charge in [0.15, 0.2) is 0 Å². The number of nitrogens with one attached hydrogen (secondary N) is 2. The van der Waals surface area contributed by atoms with Gasteiger partial charge in [-0.3, -0.25) is 9.59 Å². The molecule has 4 N–H and O–H groups in total. The Kier molecular flexibility index (Phi) is 9.46. The summed E-state index contributed by atoms with van der Waals surface area (Å²) in [5, 5.41) is 23.0. The van der Waals surface area contributed by atoms with Gasteiger partial charge in [0.1, 0.15) is 5.82 Å². The summed E-state index contributed by atoms with van der Waals surface area (Å²) in [6, 6.07) is 11.5. The van der Waals surface area contributed by atoms with E-state index in [9.17, 15) is 14.0 Å². The van der Waals surface area contributed by atoms with Crippen LogP contribution in [0.4, 0.5) is 10.1 Å². The molecule has 0 unspecified atom stereocenters. The maximum Gasteiger partial charge on any atom is 0.303 e. The van der Waals surface area contributed by atoms with Gasteiger partial charge in [0.25, 0.3) is 0 Å². The van der Waals surface area contributed by atoms with Crippen LogP contribution in [0.3, 0.4) is 0 Å². The van der Waals surface area contributed by atoms with E-state index < -0.39 is 11.9 Å². The zero-order chi connectivity index (χ0) is 22.8. The van der Waals surface area contributed by atoms with Gasteiger partial charge < -0.3 is 20.8 Å². The Morgan fingerprint density at radius 1 is 1.03 bits per heavy atom. The molecule has 0 aliphatic carbocycles. The van der Waals surface area contributed by atoms with Crippen molar-refractivity contribution in [3.63, 3.8) is 0 Å². The molecule has 2 aromatic rings. The van der Waals surface area contributed by atoms with E-state index in [-0.39, 0.29) is 24.7 Å². The highest BCUT2D eigenvalue weighted by molar-refractivity contribution is 5.75. The third kappa shape index (κ3) is 7.68. The normalized spacial score (nSPS) is 13.8. The predicted octanol–water partition coefficient (Wildman–Crippen LogP) is 4.19. The molecule has 7 heteroatoms. The van der Waals surface area contributed by atoms with Crippen molar-refractivity contribution in [2.24, 2.45) is 0 Å². The van der Waals surface area contributed by atoms with Crippen molar-refractivity contribution in [3.05, 3.63) is 64.5 Å². The van der Waals surface area contributed by atoms with Gasteiger partial charge >= 0.3 is 11.9 Å². The highest BCUT2D eigenvalue weighted by atomic mass is 19.1. The van der Waals surface area contributed by atoms with Crippen molar-refractivity contribution in [2.75, 3.05) is 18.4 Å². The Hall–Kier alpha value is -2.93. The lowest BCUT2D eigenvalue weighted by Gasteiger charge is -2.23. The van der Waals surface area contributed by atoms with Gasteiger partial charge in [0, 0.05) is 11.7 Å². The molecular formula is C24H31FN2O4. The number of rotatable bonds is 7. The minimum atomic E-state index is -1.08. The van der Waals surface area contributed by atoms with Gasteiger partial charge in [-0.05, 0) is 73.7 Å². The van der Waals surface area contributed by atoms with Crippen molar-refractivity contribution < 1.29 is 24.2 Å². The van der Waals surface area contributed by atoms with Gasteiger partial charge in [-0.2, -0.15) is 0 Å². The molecule has 6 nitrogen and oxygen atoms in total. The number of carboxylic acid groups (broad SMARTS) is 2. The largest absolute Gasteiger partial charge is 0.481 e. The minimum Gasteiger partial charge on any atom is -0.481 e. The van der Waals surface area contributed by atoms with Crippen LogP contribution in [0.25, 0.3) is 0 Å². The van der Waals surface area contributed by atoms with Crippen LogP contribution in [0.15, 0.2) is 36.4 Å². The summed E-state index contributed by atoms with van der Waals surface area (Å²) in [7, 11) is 0. The van der Waals surface area contributed by atoms with E-state index in [2.05, 4.69) is 36.6 Å². The van der Waals surface area contributed by atoms with Crippen LogP contribution in [0, 0.1) is 5.82 Å². The Bertz CT molecular complexity index is 870. The van der Waals surface area contributed by atoms with Crippen LogP contribution in [0.2, 0.25) is 0 Å². The molecule has 0 bridgehead atoms. The summed E-state index contributed by atoms with van der Waals surface area (Å²) in [6.07, 6.45) is 2.56. The second-order valence-electron chi connectivity index (χ2n) is 7.55. The zero-order valence-electron chi connectivity index (χ0n) is 18.1. The molecule has 168 valence electrons. The van der Waals surface area contributed by atoms with Gasteiger partial charge in [-0.25, -0.2) is 4.39 Å². The number of carboxylic acids is 2. The molecule has 2 aromatic carbocycles. The predicted molar refractivity (Wildman–Crippen MR) is 119 cm³/mol. The first kappa shape index (κ1) is 24.3. The summed E-state index contributed by atoms with van der Waals surface area (Å²) in [4.78, 5) is 19.3. The molecule has 0 spiro atoms. The third-order valence-electron chi connectivity index (χ3n) is 5.28. The fraction of sp³-hybridized carbons (Fsp3) is 0.417. The SMILES string of the molecule is CCc1ccc2c(c1N[C@@H](C)c1ccc(F)cc1)CCNCC2.O=C(O)CCC(=O)O. The average Bonchev–Trinajstić information content (AvgIpc) is 2.99. The maximum atomic E-state index is 13.1. The average molecular weight is 431 g/mol. The second-order valence-corrected chi connectivity index (χ2v) is 7.55. The molecule has 1 aliphatic heterocycles. The van der Waals surface area contributed by atoms with Gasteiger partial charge in [0.05, 0.1) is 12.8 Å². The van der Waals surface area contributed by atoms with Crippen LogP contribution in [0.5, 0.6) is 0 Å². The number of aryl methyl sites for hydroxylation is 1. The van der Waals surface area contributed by atoms with Crippen LogP contribution in [-0.2, 0) is 28.9 Å². The molecular weight excluding hydrogens is 399 g/mol. The third-order valence-corrected chi connectivity index (χ3v) is 5.28. The van der Waals surface area contributed by atoms with Crippen LogP contribution in [-0.4, -0.2) is 35.2 Å². The minimum absolute atomic E-state index is 0.156. The fourth-order valence-electron chi connectivity index (χ4n) is 3.56. The molecule has 3 rings (SSSR count). The summed E-state index contributed by atoms with van der Waals surface area (Å²) >= 11 is 0. The fourth-order valence-corrected chi connectivity index (χ4v) is 3.56. The summed E-state index contributed by atoms with van der Waals surface area (Å²) in [5.74, 6) is -2.34. The van der Waals surface area contributed by atoms with Crippen molar-refractivity contribution in [2.45, 2.75) is 52.0 Å². The van der Waals surface area contributed by atoms with Crippen molar-refractivity contribution >= 4 is 17.6 Å². The number of halogens is 1. The lowest BCUT2D eigenvalue weighted by molar-refractivity contribution is -0.143. The monoisotopic (exact) mass is 430 g/mol. The first-order valence-corrected chi connectivity index (χ1v) is 10.6. The Balaban J connectivity index is 0.000000366. The number of hydrogen-bond acceptors (Lipinski definition) is 4. The van der Waals surface area contributed by atoms with E-state index in [1.54, 1.807) is 0 Å². The zero-order valence-corrected chi connectivity index (χ0v) is 18.1. The van der Waals surface area contributed by atoms with E-state index in [0.717, 1.165) is 37.9 Å². The molecule has 0 radical (unpaired) electrons. The molecule has 0 fully saturated rings. The van der Waals surface area contributed by atoms with Gasteiger partial charge in [0.2, 0.25) is 0 Å². The number of anilines is 1. The van der Waals surface area contributed by atoms with E-state index in [4.69, 9.17) is 10.2 Å². The standard InChI is InChI=1S/C20H25FN2.C4H6O4/c1-3-15-4-5-17-10-12-22-13-11-19(17)20(15)23-14(2)16-6-8-18(21)9-7-16;5-3(6)1-2-4(7)8/h4-9,14,22-23H,3,10-13H2,1-2H3;1-2H2,(H,5,6)(H,7,8)/t14-;/m0./s1. The van der Waals surface area contributed by atoms with E-state index in [0.29, 0.717) is 0 Å². The lowest BCUT2D eigenvalue weighted by atomic mass is 9.95. The van der Waals surface area contributed by atoms with Crippen molar-refractivity contribution in [1.29, 1.82) is 0 Å². The number of aliphatic carboxylic acids is 2. The van der Waals surface area contributed by atoms with E-state index >= 15 is 0 Å². The van der Waals surface area contributed by atoms with Crippen molar-refractivity contribution in [3.8, 4) is 0 Å². The lowest BCUT2D eigenvalue weighted by Crippen LogP contribution is -2.16. The van der Waals surface area contributed by atoms with Crippen molar-refractivity contribution in [1.82, 2.24) is 5.32 Å². The number of benzene rings is 2.